The molecule has 1 aliphatic carbocycles. The topological polar surface area (TPSA) is 68.0 Å². The molecule has 1 aromatic heterocycles. The molecule has 1 amide bonds. The summed E-state index contributed by atoms with van der Waals surface area (Å²) in [5, 5.41) is 6.25. The lowest BCUT2D eigenvalue weighted by atomic mass is 10.0. The van der Waals surface area contributed by atoms with Crippen LogP contribution in [0.3, 0.4) is 0 Å². The zero-order valence-electron chi connectivity index (χ0n) is 12.5. The third-order valence-electron chi connectivity index (χ3n) is 4.12. The average molecular weight is 372 g/mol. The third-order valence-corrected chi connectivity index (χ3v) is 5.32. The van der Waals surface area contributed by atoms with Crippen LogP contribution in [0.2, 0.25) is 5.02 Å². The highest BCUT2D eigenvalue weighted by atomic mass is 35.5. The van der Waals surface area contributed by atoms with E-state index in [-0.39, 0.29) is 24.4 Å². The molecule has 0 saturated heterocycles. The second-order valence-electron chi connectivity index (χ2n) is 5.52. The fourth-order valence-corrected chi connectivity index (χ4v) is 4.01. The third kappa shape index (κ3) is 4.04. The fourth-order valence-electron chi connectivity index (χ4n) is 2.89. The maximum absolute atomic E-state index is 12.4. The number of hydrogen-bond acceptors (Lipinski definition) is 4. The summed E-state index contributed by atoms with van der Waals surface area (Å²) in [7, 11) is 0. The highest BCUT2D eigenvalue weighted by molar-refractivity contribution is 7.13. The molecular formula is C16H19Cl2N3OS. The van der Waals surface area contributed by atoms with E-state index >= 15 is 0 Å². The molecule has 1 fully saturated rings. The van der Waals surface area contributed by atoms with Crippen molar-refractivity contribution in [3.05, 3.63) is 40.4 Å². The van der Waals surface area contributed by atoms with E-state index in [2.05, 4.69) is 10.3 Å². The number of halogens is 2. The van der Waals surface area contributed by atoms with Crippen molar-refractivity contribution in [2.45, 2.75) is 25.3 Å². The smallest absolute Gasteiger partial charge is 0.271 e. The van der Waals surface area contributed by atoms with Crippen molar-refractivity contribution in [2.24, 2.45) is 11.7 Å². The number of benzene rings is 1. The Morgan fingerprint density at radius 2 is 2.17 bits per heavy atom. The van der Waals surface area contributed by atoms with Gasteiger partial charge in [0, 0.05) is 17.0 Å². The van der Waals surface area contributed by atoms with Gasteiger partial charge in [-0.2, -0.15) is 0 Å². The molecular weight excluding hydrogens is 353 g/mol. The van der Waals surface area contributed by atoms with Crippen molar-refractivity contribution in [2.75, 3.05) is 6.54 Å². The summed E-state index contributed by atoms with van der Waals surface area (Å²) in [5.74, 6) is 0.255. The first-order chi connectivity index (χ1) is 10.7. The van der Waals surface area contributed by atoms with Crippen molar-refractivity contribution in [1.29, 1.82) is 0 Å². The predicted molar refractivity (Wildman–Crippen MR) is 97.5 cm³/mol. The van der Waals surface area contributed by atoms with Gasteiger partial charge >= 0.3 is 0 Å². The van der Waals surface area contributed by atoms with Crippen molar-refractivity contribution in [3.8, 4) is 10.6 Å². The molecule has 0 aliphatic heterocycles. The molecule has 0 spiro atoms. The first-order valence-electron chi connectivity index (χ1n) is 7.40. The highest BCUT2D eigenvalue weighted by Crippen LogP contribution is 2.30. The maximum atomic E-state index is 12.4. The fraction of sp³-hybridized carbons (Fsp3) is 0.375. The molecule has 23 heavy (non-hydrogen) atoms. The molecule has 0 radical (unpaired) electrons. The second-order valence-corrected chi connectivity index (χ2v) is 6.79. The van der Waals surface area contributed by atoms with Gasteiger partial charge in [0.05, 0.1) is 5.02 Å². The van der Waals surface area contributed by atoms with Gasteiger partial charge in [-0.1, -0.05) is 36.2 Å². The molecule has 124 valence electrons. The first kappa shape index (κ1) is 18.2. The van der Waals surface area contributed by atoms with E-state index in [4.69, 9.17) is 17.3 Å². The molecule has 1 saturated carbocycles. The van der Waals surface area contributed by atoms with Gasteiger partial charge in [-0.05, 0) is 31.4 Å². The number of carbonyl (C=O) groups is 1. The van der Waals surface area contributed by atoms with Gasteiger partial charge in [-0.25, -0.2) is 4.98 Å². The first-order valence-corrected chi connectivity index (χ1v) is 8.66. The molecule has 0 bridgehead atoms. The molecule has 2 aromatic rings. The van der Waals surface area contributed by atoms with Crippen LogP contribution in [0.15, 0.2) is 29.6 Å². The Labute approximate surface area is 150 Å². The zero-order chi connectivity index (χ0) is 15.5. The van der Waals surface area contributed by atoms with Crippen molar-refractivity contribution >= 4 is 41.3 Å². The number of nitrogens with two attached hydrogens (primary N) is 1. The summed E-state index contributed by atoms with van der Waals surface area (Å²) >= 11 is 7.60. The molecule has 1 aromatic carbocycles. The van der Waals surface area contributed by atoms with Gasteiger partial charge in [0.15, 0.2) is 0 Å². The standard InChI is InChI=1S/C16H18ClN3OS.ClH/c17-12-6-2-1-5-11(12)16-20-14(9-22-16)15(21)19-13-7-3-4-10(13)8-18;/h1-2,5-6,9-10,13H,3-4,7-8,18H2,(H,19,21);1H. The van der Waals surface area contributed by atoms with Crippen LogP contribution >= 0.6 is 35.3 Å². The van der Waals surface area contributed by atoms with Crippen LogP contribution in [0.4, 0.5) is 0 Å². The van der Waals surface area contributed by atoms with Gasteiger partial charge in [-0.15, -0.1) is 23.7 Å². The normalized spacial score (nSPS) is 20.1. The zero-order valence-corrected chi connectivity index (χ0v) is 14.9. The van der Waals surface area contributed by atoms with Gasteiger partial charge < -0.3 is 11.1 Å². The summed E-state index contributed by atoms with van der Waals surface area (Å²) < 4.78 is 0. The summed E-state index contributed by atoms with van der Waals surface area (Å²) in [4.78, 5) is 16.8. The van der Waals surface area contributed by atoms with E-state index in [1.54, 1.807) is 5.38 Å². The Kier molecular flexibility index (Phi) is 6.41. The average Bonchev–Trinajstić information content (AvgIpc) is 3.16. The van der Waals surface area contributed by atoms with Crippen LogP contribution in [0.1, 0.15) is 29.8 Å². The van der Waals surface area contributed by atoms with E-state index in [9.17, 15) is 4.79 Å². The van der Waals surface area contributed by atoms with Crippen molar-refractivity contribution in [3.63, 3.8) is 0 Å². The highest BCUT2D eigenvalue weighted by Gasteiger charge is 2.28. The van der Waals surface area contributed by atoms with Crippen LogP contribution in [0, 0.1) is 5.92 Å². The summed E-state index contributed by atoms with van der Waals surface area (Å²) in [6.07, 6.45) is 3.20. The summed E-state index contributed by atoms with van der Waals surface area (Å²) in [6, 6.07) is 7.68. The van der Waals surface area contributed by atoms with Crippen LogP contribution in [0.5, 0.6) is 0 Å². The maximum Gasteiger partial charge on any atom is 0.271 e. The van der Waals surface area contributed by atoms with Gasteiger partial charge in [0.2, 0.25) is 0 Å². The van der Waals surface area contributed by atoms with E-state index in [1.807, 2.05) is 24.3 Å². The number of carbonyl (C=O) groups excluding carboxylic acids is 1. The van der Waals surface area contributed by atoms with E-state index in [0.717, 1.165) is 29.8 Å². The molecule has 3 N–H and O–H groups in total. The Hall–Kier alpha value is -1.14. The number of thiazole rings is 1. The number of aromatic nitrogens is 1. The lowest BCUT2D eigenvalue weighted by Crippen LogP contribution is -2.40. The van der Waals surface area contributed by atoms with Crippen LogP contribution < -0.4 is 11.1 Å². The predicted octanol–water partition coefficient (Wildman–Crippen LogP) is 3.74. The van der Waals surface area contributed by atoms with Crippen molar-refractivity contribution < 1.29 is 4.79 Å². The largest absolute Gasteiger partial charge is 0.348 e. The second kappa shape index (κ2) is 8.11. The Morgan fingerprint density at radius 3 is 2.91 bits per heavy atom. The van der Waals surface area contributed by atoms with Gasteiger partial charge in [-0.3, -0.25) is 4.79 Å². The minimum absolute atomic E-state index is 0. The Bertz CT molecular complexity index is 677. The summed E-state index contributed by atoms with van der Waals surface area (Å²) in [6.45, 7) is 0.618. The minimum atomic E-state index is -0.125. The molecule has 3 rings (SSSR count). The number of nitrogens with zero attached hydrogens (tertiary/aromatic N) is 1. The molecule has 7 heteroatoms. The van der Waals surface area contributed by atoms with Crippen molar-refractivity contribution in [1.82, 2.24) is 10.3 Å². The Balaban J connectivity index is 0.00000192. The van der Waals surface area contributed by atoms with E-state index in [1.165, 1.54) is 11.3 Å². The minimum Gasteiger partial charge on any atom is -0.348 e. The molecule has 2 atom stereocenters. The van der Waals surface area contributed by atoms with Crippen LogP contribution in [-0.4, -0.2) is 23.5 Å². The van der Waals surface area contributed by atoms with Gasteiger partial charge in [0.1, 0.15) is 10.7 Å². The number of amides is 1. The van der Waals surface area contributed by atoms with Gasteiger partial charge in [0.25, 0.3) is 5.91 Å². The molecule has 1 heterocycles. The van der Waals surface area contributed by atoms with E-state index < -0.39 is 0 Å². The molecule has 2 unspecified atom stereocenters. The lowest BCUT2D eigenvalue weighted by molar-refractivity contribution is 0.0924. The monoisotopic (exact) mass is 371 g/mol. The Morgan fingerprint density at radius 1 is 1.39 bits per heavy atom. The SMILES string of the molecule is Cl.NCC1CCCC1NC(=O)c1csc(-c2ccccc2Cl)n1. The van der Waals surface area contributed by atoms with Crippen LogP contribution in [0.25, 0.3) is 10.6 Å². The molecule has 4 nitrogen and oxygen atoms in total. The lowest BCUT2D eigenvalue weighted by Gasteiger charge is -2.18. The van der Waals surface area contributed by atoms with E-state index in [0.29, 0.717) is 23.2 Å². The van der Waals surface area contributed by atoms with Crippen LogP contribution in [-0.2, 0) is 0 Å². The summed E-state index contributed by atoms with van der Waals surface area (Å²) in [5.41, 5.74) is 7.06. The number of rotatable bonds is 4. The quantitative estimate of drug-likeness (QED) is 0.859. The number of hydrogen-bond donors (Lipinski definition) is 2. The number of nitrogens with one attached hydrogen (secondary N) is 1. The molecule has 1 aliphatic rings.